The van der Waals surface area contributed by atoms with Crippen LogP contribution < -0.4 is 9.47 Å². The van der Waals surface area contributed by atoms with Gasteiger partial charge >= 0.3 is 5.97 Å². The molecule has 0 atom stereocenters. The zero-order valence-corrected chi connectivity index (χ0v) is 15.8. The van der Waals surface area contributed by atoms with Crippen molar-refractivity contribution in [2.24, 2.45) is 0 Å². The lowest BCUT2D eigenvalue weighted by molar-refractivity contribution is -0.137. The van der Waals surface area contributed by atoms with Crippen molar-refractivity contribution >= 4 is 12.0 Å². The molecule has 0 N–H and O–H groups in total. The van der Waals surface area contributed by atoms with Crippen LogP contribution in [0.2, 0.25) is 0 Å². The van der Waals surface area contributed by atoms with Crippen LogP contribution in [0.4, 0.5) is 0 Å². The molecule has 28 heavy (non-hydrogen) atoms. The van der Waals surface area contributed by atoms with Gasteiger partial charge in [0.15, 0.2) is 11.5 Å². The Bertz CT molecular complexity index is 947. The van der Waals surface area contributed by atoms with Gasteiger partial charge in [0.25, 0.3) is 0 Å². The Balaban J connectivity index is 1.66. The molecule has 3 aromatic rings. The molecule has 2 aromatic carbocycles. The molecule has 6 nitrogen and oxygen atoms in total. The minimum Gasteiger partial charge on any atom is -0.493 e. The maximum Gasteiger partial charge on any atom is 0.330 e. The molecule has 0 amide bonds. The highest BCUT2D eigenvalue weighted by atomic mass is 16.5. The van der Waals surface area contributed by atoms with Crippen LogP contribution >= 0.6 is 0 Å². The van der Waals surface area contributed by atoms with E-state index in [9.17, 15) is 4.79 Å². The molecule has 144 valence electrons. The molecule has 0 saturated heterocycles. The lowest BCUT2D eigenvalue weighted by Gasteiger charge is -2.10. The van der Waals surface area contributed by atoms with Crippen LogP contribution in [0.15, 0.2) is 65.3 Å². The molecule has 0 fully saturated rings. The molecule has 6 heteroatoms. The molecule has 0 spiro atoms. The Hall–Kier alpha value is -3.54. The second-order valence-corrected chi connectivity index (χ2v) is 5.79. The first-order valence-electron chi connectivity index (χ1n) is 8.85. The van der Waals surface area contributed by atoms with E-state index in [4.69, 9.17) is 18.6 Å². The van der Waals surface area contributed by atoms with Crippen molar-refractivity contribution < 1.29 is 23.4 Å². The first kappa shape index (κ1) is 19.2. The topological polar surface area (TPSA) is 70.8 Å². The highest BCUT2D eigenvalue weighted by molar-refractivity contribution is 5.87. The summed E-state index contributed by atoms with van der Waals surface area (Å²) >= 11 is 0. The van der Waals surface area contributed by atoms with E-state index in [0.29, 0.717) is 29.7 Å². The van der Waals surface area contributed by atoms with E-state index < -0.39 is 0 Å². The average Bonchev–Trinajstić information content (AvgIpc) is 3.21. The van der Waals surface area contributed by atoms with Gasteiger partial charge in [-0.3, -0.25) is 0 Å². The Morgan fingerprint density at radius 3 is 2.71 bits per heavy atom. The normalized spacial score (nSPS) is 10.8. The summed E-state index contributed by atoms with van der Waals surface area (Å²) in [4.78, 5) is 15.9. The van der Waals surface area contributed by atoms with Gasteiger partial charge in [-0.05, 0) is 42.8 Å². The third kappa shape index (κ3) is 5.01. The Morgan fingerprint density at radius 1 is 1.14 bits per heavy atom. The maximum absolute atomic E-state index is 11.4. The van der Waals surface area contributed by atoms with Crippen molar-refractivity contribution in [2.75, 3.05) is 13.7 Å². The van der Waals surface area contributed by atoms with E-state index in [0.717, 1.165) is 11.1 Å². The molecule has 0 aliphatic heterocycles. The van der Waals surface area contributed by atoms with Crippen molar-refractivity contribution in [3.05, 3.63) is 72.1 Å². The first-order chi connectivity index (χ1) is 13.7. The lowest BCUT2D eigenvalue weighted by Crippen LogP contribution is -1.99. The van der Waals surface area contributed by atoms with Crippen LogP contribution in [0.25, 0.3) is 17.5 Å². The van der Waals surface area contributed by atoms with Crippen LogP contribution in [0.1, 0.15) is 18.2 Å². The van der Waals surface area contributed by atoms with Crippen LogP contribution in [-0.4, -0.2) is 24.7 Å². The average molecular weight is 379 g/mol. The second kappa shape index (κ2) is 9.41. The van der Waals surface area contributed by atoms with Crippen molar-refractivity contribution in [3.63, 3.8) is 0 Å². The Kier molecular flexibility index (Phi) is 6.46. The minimum absolute atomic E-state index is 0.241. The fourth-order valence-corrected chi connectivity index (χ4v) is 2.50. The maximum atomic E-state index is 11.4. The predicted octanol–water partition coefficient (Wildman–Crippen LogP) is 4.51. The van der Waals surface area contributed by atoms with Gasteiger partial charge < -0.3 is 18.6 Å². The number of rotatable bonds is 8. The van der Waals surface area contributed by atoms with Crippen LogP contribution in [-0.2, 0) is 16.1 Å². The number of hydrogen-bond acceptors (Lipinski definition) is 6. The molecule has 0 unspecified atom stereocenters. The number of esters is 1. The van der Waals surface area contributed by atoms with Crippen molar-refractivity contribution in [2.45, 2.75) is 13.5 Å². The highest BCUT2D eigenvalue weighted by Gasteiger charge is 2.09. The molecule has 0 bridgehead atoms. The van der Waals surface area contributed by atoms with E-state index in [1.165, 1.54) is 6.08 Å². The largest absolute Gasteiger partial charge is 0.493 e. The fourth-order valence-electron chi connectivity index (χ4n) is 2.50. The summed E-state index contributed by atoms with van der Waals surface area (Å²) < 4.78 is 21.6. The number of methoxy groups -OCH3 is 1. The van der Waals surface area contributed by atoms with Crippen LogP contribution in [0.5, 0.6) is 11.5 Å². The summed E-state index contributed by atoms with van der Waals surface area (Å²) in [5.41, 5.74) is 2.38. The van der Waals surface area contributed by atoms with Gasteiger partial charge in [-0.2, -0.15) is 0 Å². The number of carbonyl (C=O) groups is 1. The van der Waals surface area contributed by atoms with Gasteiger partial charge in [0.2, 0.25) is 5.89 Å². The van der Waals surface area contributed by atoms with Gasteiger partial charge in [-0.25, -0.2) is 9.78 Å². The SMILES string of the molecule is CCOC(=O)C=Cc1ccc(OCc2coc(-c3ccccc3)n2)c(OC)c1. The van der Waals surface area contributed by atoms with Gasteiger partial charge in [0, 0.05) is 11.6 Å². The number of ether oxygens (including phenoxy) is 3. The van der Waals surface area contributed by atoms with Gasteiger partial charge in [0.05, 0.1) is 13.7 Å². The quantitative estimate of drug-likeness (QED) is 0.424. The number of nitrogens with zero attached hydrogens (tertiary/aromatic N) is 1. The molecule has 0 saturated carbocycles. The number of oxazole rings is 1. The van der Waals surface area contributed by atoms with Crippen LogP contribution in [0, 0.1) is 0 Å². The molecule has 0 aliphatic rings. The molecule has 1 heterocycles. The summed E-state index contributed by atoms with van der Waals surface area (Å²) in [5.74, 6) is 1.28. The second-order valence-electron chi connectivity index (χ2n) is 5.79. The minimum atomic E-state index is -0.387. The molecule has 0 aliphatic carbocycles. The molecular weight excluding hydrogens is 358 g/mol. The van der Waals surface area contributed by atoms with Gasteiger partial charge in [-0.15, -0.1) is 0 Å². The highest BCUT2D eigenvalue weighted by Crippen LogP contribution is 2.29. The standard InChI is InChI=1S/C22H21NO5/c1-3-26-21(24)12-10-16-9-11-19(20(13-16)25-2)27-14-18-15-28-22(23-18)17-7-5-4-6-8-17/h4-13,15H,3,14H2,1-2H3. The smallest absolute Gasteiger partial charge is 0.330 e. The number of hydrogen-bond donors (Lipinski definition) is 0. The van der Waals surface area contributed by atoms with Gasteiger partial charge in [0.1, 0.15) is 18.6 Å². The van der Waals surface area contributed by atoms with Crippen LogP contribution in [0.3, 0.4) is 0 Å². The van der Waals surface area contributed by atoms with Crippen molar-refractivity contribution in [1.29, 1.82) is 0 Å². The Morgan fingerprint density at radius 2 is 1.96 bits per heavy atom. The molecule has 3 rings (SSSR count). The van der Waals surface area contributed by atoms with Crippen molar-refractivity contribution in [1.82, 2.24) is 4.98 Å². The Labute approximate surface area is 163 Å². The van der Waals surface area contributed by atoms with Gasteiger partial charge in [-0.1, -0.05) is 24.3 Å². The predicted molar refractivity (Wildman–Crippen MR) is 105 cm³/mol. The summed E-state index contributed by atoms with van der Waals surface area (Å²) in [6, 6.07) is 15.0. The number of benzene rings is 2. The summed E-state index contributed by atoms with van der Waals surface area (Å²) in [6.45, 7) is 2.34. The number of carbonyl (C=O) groups excluding carboxylic acids is 1. The summed E-state index contributed by atoms with van der Waals surface area (Å²) in [7, 11) is 1.56. The molecule has 1 aromatic heterocycles. The van der Waals surface area contributed by atoms with E-state index in [1.54, 1.807) is 38.5 Å². The van der Waals surface area contributed by atoms with E-state index in [2.05, 4.69) is 4.98 Å². The van der Waals surface area contributed by atoms with E-state index in [-0.39, 0.29) is 12.6 Å². The molecule has 0 radical (unpaired) electrons. The first-order valence-corrected chi connectivity index (χ1v) is 8.85. The third-order valence-electron chi connectivity index (χ3n) is 3.83. The van der Waals surface area contributed by atoms with E-state index >= 15 is 0 Å². The monoisotopic (exact) mass is 379 g/mol. The summed E-state index contributed by atoms with van der Waals surface area (Å²) in [6.07, 6.45) is 4.61. The molecular formula is C22H21NO5. The number of aromatic nitrogens is 1. The fraction of sp³-hybridized carbons (Fsp3) is 0.182. The lowest BCUT2D eigenvalue weighted by atomic mass is 10.2. The zero-order valence-electron chi connectivity index (χ0n) is 15.8. The summed E-state index contributed by atoms with van der Waals surface area (Å²) in [5, 5.41) is 0. The van der Waals surface area contributed by atoms with Crippen molar-refractivity contribution in [3.8, 4) is 23.0 Å². The third-order valence-corrected chi connectivity index (χ3v) is 3.83. The van der Waals surface area contributed by atoms with E-state index in [1.807, 2.05) is 36.4 Å². The zero-order chi connectivity index (χ0) is 19.8.